The Kier molecular flexibility index (Phi) is 4.62. The van der Waals surface area contributed by atoms with Crippen LogP contribution in [0, 0.1) is 11.8 Å². The monoisotopic (exact) mass is 227 g/mol. The maximum atomic E-state index is 9.31. The van der Waals surface area contributed by atoms with Crippen LogP contribution in [0.5, 0.6) is 0 Å². The Bertz CT molecular complexity index is 210. The largest absolute Gasteiger partial charge is 0.394 e. The van der Waals surface area contributed by atoms with Gasteiger partial charge in [-0.25, -0.2) is 0 Å². The fourth-order valence-corrected chi connectivity index (χ4v) is 3.43. The molecule has 0 aromatic heterocycles. The molecule has 0 aromatic carbocycles. The third kappa shape index (κ3) is 3.19. The predicted octanol–water partition coefficient (Wildman–Crippen LogP) is 1.29. The van der Waals surface area contributed by atoms with Crippen molar-refractivity contribution >= 4 is 0 Å². The lowest BCUT2D eigenvalue weighted by Crippen LogP contribution is -2.42. The highest BCUT2D eigenvalue weighted by Crippen LogP contribution is 2.40. The van der Waals surface area contributed by atoms with Gasteiger partial charge in [-0.3, -0.25) is 0 Å². The van der Waals surface area contributed by atoms with Crippen LogP contribution in [0.3, 0.4) is 0 Å². The van der Waals surface area contributed by atoms with Gasteiger partial charge >= 0.3 is 0 Å². The van der Waals surface area contributed by atoms with Crippen molar-refractivity contribution in [2.24, 2.45) is 11.8 Å². The molecule has 0 radical (unpaired) electrons. The molecule has 0 aliphatic heterocycles. The molecule has 94 valence electrons. The van der Waals surface area contributed by atoms with Gasteiger partial charge in [-0.1, -0.05) is 25.7 Å². The lowest BCUT2D eigenvalue weighted by molar-refractivity contribution is 0.0829. The highest BCUT2D eigenvalue weighted by molar-refractivity contribution is 4.86. The van der Waals surface area contributed by atoms with Crippen LogP contribution in [0.1, 0.15) is 44.9 Å². The van der Waals surface area contributed by atoms with Crippen molar-refractivity contribution in [2.75, 3.05) is 13.2 Å². The first kappa shape index (κ1) is 12.3. The maximum absolute atomic E-state index is 9.31. The van der Waals surface area contributed by atoms with Crippen molar-refractivity contribution in [2.45, 2.75) is 57.1 Å². The number of rotatable bonds is 4. The van der Waals surface area contributed by atoms with Crippen molar-refractivity contribution in [3.8, 4) is 0 Å². The Morgan fingerprint density at radius 2 is 1.81 bits per heavy atom. The molecule has 2 saturated carbocycles. The van der Waals surface area contributed by atoms with E-state index in [1.165, 1.54) is 44.9 Å². The Morgan fingerprint density at radius 3 is 2.56 bits per heavy atom. The quantitative estimate of drug-likeness (QED) is 0.678. The average Bonchev–Trinajstić information content (AvgIpc) is 2.35. The first-order valence-electron chi connectivity index (χ1n) is 6.82. The lowest BCUT2D eigenvalue weighted by Gasteiger charge is -2.39. The van der Waals surface area contributed by atoms with Gasteiger partial charge in [0.2, 0.25) is 0 Å². The molecule has 3 N–H and O–H groups in total. The van der Waals surface area contributed by atoms with Crippen molar-refractivity contribution in [1.82, 2.24) is 5.32 Å². The summed E-state index contributed by atoms with van der Waals surface area (Å²) in [6.45, 7) is 0.407. The van der Waals surface area contributed by atoms with E-state index < -0.39 is 6.10 Å². The van der Waals surface area contributed by atoms with Gasteiger partial charge < -0.3 is 15.5 Å². The highest BCUT2D eigenvalue weighted by Gasteiger charge is 2.31. The second kappa shape index (κ2) is 5.99. The standard InChI is InChI=1S/C13H25NO2/c15-9-13(16)8-14-12-6-5-10-3-1-2-4-11(10)7-12/h10-16H,1-9H2. The van der Waals surface area contributed by atoms with Crippen LogP contribution in [0.15, 0.2) is 0 Å². The van der Waals surface area contributed by atoms with Crippen molar-refractivity contribution in [3.63, 3.8) is 0 Å². The highest BCUT2D eigenvalue weighted by atomic mass is 16.3. The van der Waals surface area contributed by atoms with Gasteiger partial charge in [0, 0.05) is 12.6 Å². The summed E-state index contributed by atoms with van der Waals surface area (Å²) in [7, 11) is 0. The average molecular weight is 227 g/mol. The molecule has 2 fully saturated rings. The zero-order chi connectivity index (χ0) is 11.4. The van der Waals surface area contributed by atoms with Crippen molar-refractivity contribution in [1.29, 1.82) is 0 Å². The van der Waals surface area contributed by atoms with E-state index in [2.05, 4.69) is 5.32 Å². The summed E-state index contributed by atoms with van der Waals surface area (Å²) in [5, 5.41) is 21.5. The van der Waals surface area contributed by atoms with Gasteiger partial charge in [0.25, 0.3) is 0 Å². The number of hydrogen-bond acceptors (Lipinski definition) is 3. The normalized spacial score (nSPS) is 36.8. The molecular formula is C13H25NO2. The Morgan fingerprint density at radius 1 is 1.06 bits per heavy atom. The molecule has 0 heterocycles. The smallest absolute Gasteiger partial charge is 0.0895 e. The summed E-state index contributed by atoms with van der Waals surface area (Å²) in [6.07, 6.45) is 8.99. The molecule has 2 rings (SSSR count). The third-order valence-corrected chi connectivity index (χ3v) is 4.39. The zero-order valence-corrected chi connectivity index (χ0v) is 10.1. The molecule has 0 amide bonds. The van der Waals surface area contributed by atoms with Crippen LogP contribution in [-0.2, 0) is 0 Å². The summed E-state index contributed by atoms with van der Waals surface area (Å²) < 4.78 is 0. The van der Waals surface area contributed by atoms with Gasteiger partial charge in [0.1, 0.15) is 0 Å². The van der Waals surface area contributed by atoms with Gasteiger partial charge in [0.05, 0.1) is 12.7 Å². The molecule has 2 aliphatic rings. The predicted molar refractivity (Wildman–Crippen MR) is 64.2 cm³/mol. The van der Waals surface area contributed by atoms with E-state index in [4.69, 9.17) is 5.11 Å². The van der Waals surface area contributed by atoms with E-state index in [-0.39, 0.29) is 6.61 Å². The molecule has 4 atom stereocenters. The van der Waals surface area contributed by atoms with Crippen LogP contribution in [0.4, 0.5) is 0 Å². The van der Waals surface area contributed by atoms with Gasteiger partial charge in [-0.05, 0) is 31.1 Å². The molecule has 16 heavy (non-hydrogen) atoms. The van der Waals surface area contributed by atoms with Gasteiger partial charge in [-0.15, -0.1) is 0 Å². The van der Waals surface area contributed by atoms with E-state index in [1.807, 2.05) is 0 Å². The van der Waals surface area contributed by atoms with Crippen LogP contribution in [0.2, 0.25) is 0 Å². The van der Waals surface area contributed by atoms with Crippen LogP contribution in [0.25, 0.3) is 0 Å². The minimum absolute atomic E-state index is 0.133. The Hall–Kier alpha value is -0.120. The van der Waals surface area contributed by atoms with E-state index in [1.54, 1.807) is 0 Å². The summed E-state index contributed by atoms with van der Waals surface area (Å²) in [4.78, 5) is 0. The van der Waals surface area contributed by atoms with Crippen LogP contribution in [-0.4, -0.2) is 35.5 Å². The number of hydrogen-bond donors (Lipinski definition) is 3. The van der Waals surface area contributed by atoms with E-state index in [0.717, 1.165) is 11.8 Å². The lowest BCUT2D eigenvalue weighted by atomic mass is 9.69. The second-order valence-electron chi connectivity index (χ2n) is 5.56. The van der Waals surface area contributed by atoms with E-state index >= 15 is 0 Å². The topological polar surface area (TPSA) is 52.5 Å². The molecule has 2 aliphatic carbocycles. The Labute approximate surface area is 98.2 Å². The molecule has 0 saturated heterocycles. The fraction of sp³-hybridized carbons (Fsp3) is 1.00. The number of nitrogens with one attached hydrogen (secondary N) is 1. The second-order valence-corrected chi connectivity index (χ2v) is 5.56. The molecule has 4 unspecified atom stereocenters. The van der Waals surface area contributed by atoms with Crippen LogP contribution >= 0.6 is 0 Å². The SMILES string of the molecule is OCC(O)CNC1CCC2CCCCC2C1. The summed E-state index contributed by atoms with van der Waals surface area (Å²) in [5.74, 6) is 1.90. The molecular weight excluding hydrogens is 202 g/mol. The first-order valence-corrected chi connectivity index (χ1v) is 6.82. The zero-order valence-electron chi connectivity index (χ0n) is 10.1. The minimum atomic E-state index is -0.593. The molecule has 3 nitrogen and oxygen atoms in total. The first-order chi connectivity index (χ1) is 7.79. The molecule has 0 bridgehead atoms. The number of fused-ring (bicyclic) bond motifs is 1. The van der Waals surface area contributed by atoms with Gasteiger partial charge in [0.15, 0.2) is 0 Å². The summed E-state index contributed by atoms with van der Waals surface area (Å²) >= 11 is 0. The van der Waals surface area contributed by atoms with Crippen LogP contribution < -0.4 is 5.32 Å². The maximum Gasteiger partial charge on any atom is 0.0895 e. The van der Waals surface area contributed by atoms with Gasteiger partial charge in [-0.2, -0.15) is 0 Å². The van der Waals surface area contributed by atoms with E-state index in [9.17, 15) is 5.11 Å². The summed E-state index contributed by atoms with van der Waals surface area (Å²) in [5.41, 5.74) is 0. The minimum Gasteiger partial charge on any atom is -0.394 e. The Balaban J connectivity index is 1.72. The van der Waals surface area contributed by atoms with Crippen molar-refractivity contribution < 1.29 is 10.2 Å². The number of aliphatic hydroxyl groups excluding tert-OH is 2. The fourth-order valence-electron chi connectivity index (χ4n) is 3.43. The molecule has 0 aromatic rings. The number of aliphatic hydroxyl groups is 2. The molecule has 3 heteroatoms. The molecule has 0 spiro atoms. The third-order valence-electron chi connectivity index (χ3n) is 4.39. The summed E-state index contributed by atoms with van der Waals surface area (Å²) in [6, 6.07) is 0.570. The van der Waals surface area contributed by atoms with Crippen molar-refractivity contribution in [3.05, 3.63) is 0 Å². The van der Waals surface area contributed by atoms with E-state index in [0.29, 0.717) is 12.6 Å².